The molecule has 0 N–H and O–H groups in total. The quantitative estimate of drug-likeness (QED) is 0.611. The molecule has 3 nitrogen and oxygen atoms in total. The van der Waals surface area contributed by atoms with E-state index in [1.807, 2.05) is 20.8 Å². The number of rotatable bonds is 7. The van der Waals surface area contributed by atoms with Gasteiger partial charge in [-0.1, -0.05) is 20.3 Å². The molecule has 0 aromatic carbocycles. The monoisotopic (exact) mass is 335 g/mol. The molecule has 1 aliphatic carbocycles. The van der Waals surface area contributed by atoms with E-state index in [0.29, 0.717) is 12.8 Å². The molecule has 1 aliphatic rings. The molecule has 134 valence electrons. The first-order valence-corrected chi connectivity index (χ1v) is 8.20. The molecule has 1 saturated carbocycles. The Bertz CT molecular complexity index is 435. The normalized spacial score (nSPS) is 30.5. The third-order valence-electron chi connectivity index (χ3n) is 5.50. The summed E-state index contributed by atoms with van der Waals surface area (Å²) in [6.45, 7) is 7.29. The third kappa shape index (κ3) is 4.39. The van der Waals surface area contributed by atoms with Gasteiger partial charge in [0.05, 0.1) is 6.07 Å². The van der Waals surface area contributed by atoms with Crippen LogP contribution in [-0.2, 0) is 9.47 Å². The average molecular weight is 335 g/mol. The molecule has 0 aromatic heterocycles. The maximum absolute atomic E-state index is 13.7. The van der Waals surface area contributed by atoms with Gasteiger partial charge in [0.25, 0.3) is 0 Å². The third-order valence-corrected chi connectivity index (χ3v) is 5.50. The minimum atomic E-state index is -4.43. The van der Waals surface area contributed by atoms with Crippen LogP contribution in [-0.4, -0.2) is 25.2 Å². The summed E-state index contributed by atoms with van der Waals surface area (Å²) in [5.74, 6) is -0.284. The molecule has 0 amide bonds. The first-order chi connectivity index (χ1) is 10.5. The van der Waals surface area contributed by atoms with Gasteiger partial charge in [0.2, 0.25) is 0 Å². The number of halogens is 3. The maximum Gasteiger partial charge on any atom is 0.417 e. The fraction of sp³-hybridized carbons (Fsp3) is 0.941. The average Bonchev–Trinajstić information content (AvgIpc) is 2.92. The van der Waals surface area contributed by atoms with Crippen LogP contribution in [0.2, 0.25) is 0 Å². The summed E-state index contributed by atoms with van der Waals surface area (Å²) in [5, 5.41) is 9.05. The standard InChI is InChI=1S/C17H28F3NO2/c1-6-15(4,9-12(2)11-21)14-7-8-16(10-14,17(18,19)20)23-13(3)22-5/h12-14H,6-10H2,1-5H3. The van der Waals surface area contributed by atoms with Crippen molar-refractivity contribution >= 4 is 0 Å². The van der Waals surface area contributed by atoms with Crippen molar-refractivity contribution in [1.29, 1.82) is 5.26 Å². The molecule has 0 aromatic rings. The molecular formula is C17H28F3NO2. The van der Waals surface area contributed by atoms with Gasteiger partial charge in [0, 0.05) is 13.0 Å². The molecule has 23 heavy (non-hydrogen) atoms. The van der Waals surface area contributed by atoms with Crippen LogP contribution < -0.4 is 0 Å². The van der Waals surface area contributed by atoms with E-state index >= 15 is 0 Å². The Hall–Kier alpha value is -0.800. The Morgan fingerprint density at radius 2 is 1.96 bits per heavy atom. The summed E-state index contributed by atoms with van der Waals surface area (Å²) in [6, 6.07) is 2.20. The molecule has 0 aliphatic heterocycles. The van der Waals surface area contributed by atoms with Crippen molar-refractivity contribution < 1.29 is 22.6 Å². The molecule has 0 saturated heterocycles. The van der Waals surface area contributed by atoms with Crippen LogP contribution in [0.1, 0.15) is 59.8 Å². The highest BCUT2D eigenvalue weighted by atomic mass is 19.4. The van der Waals surface area contributed by atoms with Crippen LogP contribution in [0.5, 0.6) is 0 Å². The lowest BCUT2D eigenvalue weighted by atomic mass is 9.68. The van der Waals surface area contributed by atoms with E-state index in [9.17, 15) is 13.2 Å². The van der Waals surface area contributed by atoms with Crippen LogP contribution in [0.4, 0.5) is 13.2 Å². The second-order valence-electron chi connectivity index (χ2n) is 7.09. The first-order valence-electron chi connectivity index (χ1n) is 8.20. The number of nitrogens with zero attached hydrogens (tertiary/aromatic N) is 1. The van der Waals surface area contributed by atoms with Crippen molar-refractivity contribution in [3.63, 3.8) is 0 Å². The highest BCUT2D eigenvalue weighted by molar-refractivity contribution is 5.02. The molecule has 0 spiro atoms. The van der Waals surface area contributed by atoms with Crippen LogP contribution in [0.25, 0.3) is 0 Å². The zero-order valence-corrected chi connectivity index (χ0v) is 14.7. The zero-order valence-electron chi connectivity index (χ0n) is 14.7. The second-order valence-corrected chi connectivity index (χ2v) is 7.09. The van der Waals surface area contributed by atoms with Gasteiger partial charge in [-0.25, -0.2) is 0 Å². The Morgan fingerprint density at radius 1 is 1.35 bits per heavy atom. The zero-order chi connectivity index (χ0) is 17.9. The summed E-state index contributed by atoms with van der Waals surface area (Å²) in [7, 11) is 1.34. The van der Waals surface area contributed by atoms with Gasteiger partial charge in [0.1, 0.15) is 0 Å². The molecule has 5 unspecified atom stereocenters. The number of nitriles is 1. The van der Waals surface area contributed by atoms with Crippen molar-refractivity contribution in [3.05, 3.63) is 0 Å². The Kier molecular flexibility index (Phi) is 6.51. The molecule has 0 radical (unpaired) electrons. The van der Waals surface area contributed by atoms with Crippen LogP contribution >= 0.6 is 0 Å². The van der Waals surface area contributed by atoms with E-state index in [1.54, 1.807) is 0 Å². The van der Waals surface area contributed by atoms with Crippen molar-refractivity contribution in [1.82, 2.24) is 0 Å². The van der Waals surface area contributed by atoms with Gasteiger partial charge in [-0.15, -0.1) is 0 Å². The van der Waals surface area contributed by atoms with Crippen LogP contribution in [0.15, 0.2) is 0 Å². The SMILES string of the molecule is CCC(C)(CC(C)C#N)C1CCC(OC(C)OC)(C(F)(F)F)C1. The van der Waals surface area contributed by atoms with E-state index in [0.717, 1.165) is 6.42 Å². The minimum Gasteiger partial charge on any atom is -0.356 e. The Labute approximate surface area is 137 Å². The number of ether oxygens (including phenoxy) is 2. The Balaban J connectivity index is 3.00. The summed E-state index contributed by atoms with van der Waals surface area (Å²) >= 11 is 0. The summed E-state index contributed by atoms with van der Waals surface area (Å²) in [4.78, 5) is 0. The second kappa shape index (κ2) is 7.40. The summed E-state index contributed by atoms with van der Waals surface area (Å²) in [5.41, 5.74) is -2.43. The first kappa shape index (κ1) is 20.2. The lowest BCUT2D eigenvalue weighted by Gasteiger charge is -2.39. The van der Waals surface area contributed by atoms with Gasteiger partial charge in [0.15, 0.2) is 11.9 Å². The fourth-order valence-corrected chi connectivity index (χ4v) is 3.75. The van der Waals surface area contributed by atoms with Gasteiger partial charge in [-0.05, 0) is 50.9 Å². The topological polar surface area (TPSA) is 42.2 Å². The van der Waals surface area contributed by atoms with Gasteiger partial charge < -0.3 is 9.47 Å². The number of methoxy groups -OCH3 is 1. The number of hydrogen-bond donors (Lipinski definition) is 0. The lowest BCUT2D eigenvalue weighted by Crippen LogP contribution is -2.48. The highest BCUT2D eigenvalue weighted by Gasteiger charge is 2.62. The molecule has 5 atom stereocenters. The van der Waals surface area contributed by atoms with Gasteiger partial charge in [-0.2, -0.15) is 18.4 Å². The van der Waals surface area contributed by atoms with Crippen molar-refractivity contribution in [2.24, 2.45) is 17.3 Å². The van der Waals surface area contributed by atoms with Crippen LogP contribution in [0, 0.1) is 28.6 Å². The van der Waals surface area contributed by atoms with Gasteiger partial charge >= 0.3 is 6.18 Å². The molecule has 1 fully saturated rings. The fourth-order valence-electron chi connectivity index (χ4n) is 3.75. The summed E-state index contributed by atoms with van der Waals surface area (Å²) in [6.07, 6.45) is -3.63. The Morgan fingerprint density at radius 3 is 2.39 bits per heavy atom. The molecule has 1 rings (SSSR count). The van der Waals surface area contributed by atoms with E-state index in [-0.39, 0.29) is 30.1 Å². The van der Waals surface area contributed by atoms with E-state index in [4.69, 9.17) is 14.7 Å². The predicted octanol–water partition coefficient (Wildman–Crippen LogP) is 5.06. The smallest absolute Gasteiger partial charge is 0.356 e. The molecule has 0 heterocycles. The molecular weight excluding hydrogens is 307 g/mol. The summed E-state index contributed by atoms with van der Waals surface area (Å²) < 4.78 is 51.2. The minimum absolute atomic E-state index is 0.0502. The largest absolute Gasteiger partial charge is 0.417 e. The van der Waals surface area contributed by atoms with Crippen molar-refractivity contribution in [2.75, 3.05) is 7.11 Å². The highest BCUT2D eigenvalue weighted by Crippen LogP contribution is 2.55. The van der Waals surface area contributed by atoms with E-state index in [2.05, 4.69) is 6.07 Å². The van der Waals surface area contributed by atoms with Gasteiger partial charge in [-0.3, -0.25) is 0 Å². The number of alkyl halides is 3. The molecule has 0 bridgehead atoms. The van der Waals surface area contributed by atoms with E-state index < -0.39 is 18.1 Å². The van der Waals surface area contributed by atoms with Crippen molar-refractivity contribution in [3.8, 4) is 6.07 Å². The van der Waals surface area contributed by atoms with E-state index in [1.165, 1.54) is 14.0 Å². The van der Waals surface area contributed by atoms with Crippen LogP contribution in [0.3, 0.4) is 0 Å². The molecule has 6 heteroatoms. The maximum atomic E-state index is 13.7. The number of hydrogen-bond acceptors (Lipinski definition) is 3. The lowest BCUT2D eigenvalue weighted by molar-refractivity contribution is -0.316. The predicted molar refractivity (Wildman–Crippen MR) is 81.5 cm³/mol. The van der Waals surface area contributed by atoms with Crippen molar-refractivity contribution in [2.45, 2.75) is 77.9 Å².